The van der Waals surface area contributed by atoms with Crippen LogP contribution in [0.4, 0.5) is 17.2 Å². The monoisotopic (exact) mass is 466 g/mol. The third kappa shape index (κ3) is 4.10. The number of pyridine rings is 3. The van der Waals surface area contributed by atoms with Crippen LogP contribution < -0.4 is 26.3 Å². The van der Waals surface area contributed by atoms with Gasteiger partial charge in [-0.2, -0.15) is 0 Å². The number of nitrogen functional groups attached to an aromatic ring is 1. The Labute approximate surface area is 200 Å². The summed E-state index contributed by atoms with van der Waals surface area (Å²) in [5.41, 5.74) is 15.8. The first-order valence-corrected chi connectivity index (χ1v) is 10.7. The highest BCUT2D eigenvalue weighted by atomic mass is 16.5. The molecular weight excluding hydrogens is 444 g/mol. The van der Waals surface area contributed by atoms with Crippen LogP contribution in [0.15, 0.2) is 67.1 Å². The van der Waals surface area contributed by atoms with E-state index in [-0.39, 0.29) is 0 Å². The Morgan fingerprint density at radius 1 is 0.857 bits per heavy atom. The minimum absolute atomic E-state index is 0.363. The van der Waals surface area contributed by atoms with Crippen molar-refractivity contribution in [3.8, 4) is 22.8 Å². The zero-order valence-corrected chi connectivity index (χ0v) is 19.1. The quantitative estimate of drug-likeness (QED) is 0.315. The second kappa shape index (κ2) is 8.79. The van der Waals surface area contributed by atoms with Gasteiger partial charge in [0.1, 0.15) is 5.82 Å². The fourth-order valence-electron chi connectivity index (χ4n) is 3.94. The number of amides is 1. The fourth-order valence-corrected chi connectivity index (χ4v) is 3.94. The number of carbonyl (C=O) groups excluding carboxylic acids is 1. The van der Waals surface area contributed by atoms with E-state index in [1.165, 1.54) is 0 Å². The van der Waals surface area contributed by atoms with Gasteiger partial charge in [0.2, 0.25) is 5.91 Å². The average Bonchev–Trinajstić information content (AvgIpc) is 2.88. The highest BCUT2D eigenvalue weighted by molar-refractivity contribution is 6.10. The number of hydrogen-bond acceptors (Lipinski definition) is 8. The van der Waals surface area contributed by atoms with E-state index in [9.17, 15) is 4.79 Å². The molecule has 1 amide bonds. The van der Waals surface area contributed by atoms with Crippen molar-refractivity contribution >= 4 is 44.8 Å². The van der Waals surface area contributed by atoms with Gasteiger partial charge in [-0.05, 0) is 47.9 Å². The summed E-state index contributed by atoms with van der Waals surface area (Å²) >= 11 is 0. The van der Waals surface area contributed by atoms with Crippen LogP contribution in [0.3, 0.4) is 0 Å². The van der Waals surface area contributed by atoms with Gasteiger partial charge in [-0.25, -0.2) is 4.98 Å². The second-order valence-corrected chi connectivity index (χ2v) is 7.87. The molecule has 5 N–H and O–H groups in total. The summed E-state index contributed by atoms with van der Waals surface area (Å²) in [6.07, 6.45) is 5.13. The fraction of sp³-hybridized carbons (Fsp3) is 0.0769. The number of rotatable bonds is 6. The first-order valence-electron chi connectivity index (χ1n) is 10.7. The molecule has 2 aromatic carbocycles. The zero-order chi connectivity index (χ0) is 24.5. The van der Waals surface area contributed by atoms with Crippen LogP contribution in [-0.2, 0) is 0 Å². The smallest absolute Gasteiger partial charge is 0.248 e. The Hall–Kier alpha value is -4.92. The maximum atomic E-state index is 11.3. The van der Waals surface area contributed by atoms with Crippen molar-refractivity contribution in [1.29, 1.82) is 0 Å². The highest BCUT2D eigenvalue weighted by Gasteiger charge is 2.14. The van der Waals surface area contributed by atoms with Crippen LogP contribution in [0, 0.1) is 0 Å². The Balaban J connectivity index is 1.57. The lowest BCUT2D eigenvalue weighted by atomic mass is 10.0. The molecule has 0 aliphatic carbocycles. The molecule has 0 saturated carbocycles. The number of nitrogens with one attached hydrogen (secondary N) is 1. The van der Waals surface area contributed by atoms with E-state index in [4.69, 9.17) is 20.9 Å². The first-order chi connectivity index (χ1) is 17.0. The first kappa shape index (κ1) is 21.9. The number of ether oxygens (including phenoxy) is 2. The molecule has 5 rings (SSSR count). The molecular formula is C26H22N6O3. The molecule has 0 radical (unpaired) electrons. The molecule has 3 heterocycles. The van der Waals surface area contributed by atoms with Gasteiger partial charge in [0.15, 0.2) is 11.5 Å². The predicted octanol–water partition coefficient (Wildman–Crippen LogP) is 4.29. The van der Waals surface area contributed by atoms with Crippen LogP contribution in [-0.4, -0.2) is 35.1 Å². The van der Waals surface area contributed by atoms with E-state index in [1.54, 1.807) is 57.1 Å². The Kier molecular flexibility index (Phi) is 5.50. The van der Waals surface area contributed by atoms with Crippen LogP contribution in [0.2, 0.25) is 0 Å². The number of carbonyl (C=O) groups is 1. The van der Waals surface area contributed by atoms with Crippen LogP contribution in [0.25, 0.3) is 32.9 Å². The number of anilines is 3. The summed E-state index contributed by atoms with van der Waals surface area (Å²) in [6, 6.07) is 14.5. The summed E-state index contributed by atoms with van der Waals surface area (Å²) < 4.78 is 10.9. The predicted molar refractivity (Wildman–Crippen MR) is 136 cm³/mol. The molecule has 0 unspecified atom stereocenters. The summed E-state index contributed by atoms with van der Waals surface area (Å²) in [5, 5.41) is 5.77. The Morgan fingerprint density at radius 3 is 2.31 bits per heavy atom. The van der Waals surface area contributed by atoms with Crippen LogP contribution in [0.1, 0.15) is 10.4 Å². The standard InChI is InChI=1S/C26H22N6O3/c1-34-23-9-19-18-8-21(32-25(27)20(18)13-30-22(19)10-24(23)35-2)15-7-17(12-29-11-15)31-16-5-3-14(4-6-16)26(28)33/h3-13,31H,1-2H3,(H2,27,32)(H2,28,33). The van der Waals surface area contributed by atoms with Gasteiger partial charge < -0.3 is 26.3 Å². The van der Waals surface area contributed by atoms with Gasteiger partial charge in [0, 0.05) is 46.0 Å². The molecule has 0 bridgehead atoms. The zero-order valence-electron chi connectivity index (χ0n) is 19.1. The van der Waals surface area contributed by atoms with Crippen LogP contribution >= 0.6 is 0 Å². The minimum atomic E-state index is -0.473. The average molecular weight is 467 g/mol. The number of nitrogens with two attached hydrogens (primary N) is 2. The van der Waals surface area contributed by atoms with Crippen LogP contribution in [0.5, 0.6) is 11.5 Å². The lowest BCUT2D eigenvalue weighted by Gasteiger charge is -2.13. The topological polar surface area (TPSA) is 138 Å². The summed E-state index contributed by atoms with van der Waals surface area (Å²) in [6.45, 7) is 0. The van der Waals surface area contributed by atoms with Crippen molar-refractivity contribution in [2.45, 2.75) is 0 Å². The molecule has 35 heavy (non-hydrogen) atoms. The molecule has 5 aromatic rings. The number of primary amides is 1. The van der Waals surface area contributed by atoms with Crippen molar-refractivity contribution in [3.05, 3.63) is 72.7 Å². The highest BCUT2D eigenvalue weighted by Crippen LogP contribution is 2.37. The Bertz CT molecular complexity index is 1580. The lowest BCUT2D eigenvalue weighted by molar-refractivity contribution is 0.100. The maximum Gasteiger partial charge on any atom is 0.248 e. The summed E-state index contributed by atoms with van der Waals surface area (Å²) in [5.74, 6) is 1.09. The van der Waals surface area contributed by atoms with E-state index in [2.05, 4.69) is 20.3 Å². The van der Waals surface area contributed by atoms with E-state index >= 15 is 0 Å². The summed E-state index contributed by atoms with van der Waals surface area (Å²) in [7, 11) is 3.18. The molecule has 9 nitrogen and oxygen atoms in total. The molecule has 0 saturated heterocycles. The SMILES string of the molecule is COc1cc2ncc3c(N)nc(-c4cncc(Nc5ccc(C(N)=O)cc5)c4)cc3c2cc1OC. The molecule has 174 valence electrons. The van der Waals surface area contributed by atoms with Crippen molar-refractivity contribution < 1.29 is 14.3 Å². The Morgan fingerprint density at radius 2 is 1.60 bits per heavy atom. The molecule has 0 aliphatic rings. The number of methoxy groups -OCH3 is 2. The van der Waals surface area contributed by atoms with E-state index in [0.29, 0.717) is 28.6 Å². The van der Waals surface area contributed by atoms with Crippen molar-refractivity contribution in [2.24, 2.45) is 5.73 Å². The number of fused-ring (bicyclic) bond motifs is 3. The number of hydrogen-bond donors (Lipinski definition) is 3. The van der Waals surface area contributed by atoms with E-state index < -0.39 is 5.91 Å². The normalized spacial score (nSPS) is 10.9. The maximum absolute atomic E-state index is 11.3. The molecule has 9 heteroatoms. The molecule has 0 atom stereocenters. The van der Waals surface area contributed by atoms with E-state index in [0.717, 1.165) is 38.6 Å². The van der Waals surface area contributed by atoms with E-state index in [1.807, 2.05) is 24.3 Å². The molecule has 0 aliphatic heterocycles. The van der Waals surface area contributed by atoms with Gasteiger partial charge in [0.05, 0.1) is 37.3 Å². The van der Waals surface area contributed by atoms with Gasteiger partial charge in [-0.1, -0.05) is 0 Å². The van der Waals surface area contributed by atoms with Gasteiger partial charge in [-0.3, -0.25) is 14.8 Å². The third-order valence-corrected chi connectivity index (χ3v) is 5.70. The molecule has 3 aromatic heterocycles. The van der Waals surface area contributed by atoms with Gasteiger partial charge >= 0.3 is 0 Å². The van der Waals surface area contributed by atoms with Crippen molar-refractivity contribution in [3.63, 3.8) is 0 Å². The lowest BCUT2D eigenvalue weighted by Crippen LogP contribution is -2.10. The third-order valence-electron chi connectivity index (χ3n) is 5.70. The van der Waals surface area contributed by atoms with Crippen molar-refractivity contribution in [2.75, 3.05) is 25.3 Å². The molecule has 0 spiro atoms. The van der Waals surface area contributed by atoms with Gasteiger partial charge in [-0.15, -0.1) is 0 Å². The molecule has 0 fully saturated rings. The number of nitrogens with zero attached hydrogens (tertiary/aromatic N) is 3. The number of benzene rings is 2. The minimum Gasteiger partial charge on any atom is -0.493 e. The van der Waals surface area contributed by atoms with Gasteiger partial charge in [0.25, 0.3) is 0 Å². The largest absolute Gasteiger partial charge is 0.493 e. The number of aromatic nitrogens is 3. The summed E-state index contributed by atoms with van der Waals surface area (Å²) in [4.78, 5) is 24.8. The second-order valence-electron chi connectivity index (χ2n) is 7.87. The van der Waals surface area contributed by atoms with Crippen molar-refractivity contribution in [1.82, 2.24) is 15.0 Å².